The SMILES string of the molecule is FC(F)(F)/C(=C/c1cc2ccccc2cc1Br)c1c(C(F)(F)F)oc2cc3ccccc3cc12. The summed E-state index contributed by atoms with van der Waals surface area (Å²) in [6.45, 7) is 0. The minimum absolute atomic E-state index is 0.0919. The monoisotopic (exact) mass is 534 g/mol. The van der Waals surface area contributed by atoms with Crippen molar-refractivity contribution in [2.45, 2.75) is 12.4 Å². The number of hydrogen-bond donors (Lipinski definition) is 0. The van der Waals surface area contributed by atoms with Crippen molar-refractivity contribution in [3.8, 4) is 0 Å². The minimum Gasteiger partial charge on any atom is -0.451 e. The maximum Gasteiger partial charge on any atom is 0.450 e. The second-order valence-corrected chi connectivity index (χ2v) is 8.63. The molecule has 0 unspecified atom stereocenters. The van der Waals surface area contributed by atoms with Gasteiger partial charge in [-0.05, 0) is 57.4 Å². The van der Waals surface area contributed by atoms with E-state index in [1.807, 2.05) is 0 Å². The fourth-order valence-electron chi connectivity index (χ4n) is 4.04. The van der Waals surface area contributed by atoms with E-state index >= 15 is 0 Å². The quantitative estimate of drug-likeness (QED) is 0.205. The lowest BCUT2D eigenvalue weighted by molar-refractivity contribution is -0.152. The van der Waals surface area contributed by atoms with Gasteiger partial charge in [-0.2, -0.15) is 26.3 Å². The second-order valence-electron chi connectivity index (χ2n) is 7.78. The van der Waals surface area contributed by atoms with Crippen LogP contribution in [0.2, 0.25) is 0 Å². The highest BCUT2D eigenvalue weighted by Gasteiger charge is 2.46. The molecule has 0 bridgehead atoms. The summed E-state index contributed by atoms with van der Waals surface area (Å²) in [4.78, 5) is 0. The number of benzene rings is 4. The van der Waals surface area contributed by atoms with Gasteiger partial charge in [-0.25, -0.2) is 0 Å². The van der Waals surface area contributed by atoms with E-state index in [4.69, 9.17) is 4.42 Å². The Balaban J connectivity index is 1.86. The molecule has 34 heavy (non-hydrogen) atoms. The Kier molecular flexibility index (Phi) is 5.24. The number of alkyl halides is 6. The zero-order chi connectivity index (χ0) is 24.3. The summed E-state index contributed by atoms with van der Waals surface area (Å²) in [5.41, 5.74) is -2.64. The number of allylic oxidation sites excluding steroid dienone is 1. The standard InChI is InChI=1S/C26H13BrF6O/c27-21-12-16-7-3-1-5-14(16)9-18(21)11-20(25(28,29)30)23-19-10-15-6-2-4-8-17(15)13-22(19)34-24(23)26(31,32)33/h1-13H/b20-11+. The lowest BCUT2D eigenvalue weighted by Gasteiger charge is -2.15. The smallest absolute Gasteiger partial charge is 0.450 e. The van der Waals surface area contributed by atoms with Crippen molar-refractivity contribution in [1.82, 2.24) is 0 Å². The van der Waals surface area contributed by atoms with E-state index in [9.17, 15) is 26.3 Å². The van der Waals surface area contributed by atoms with E-state index in [2.05, 4.69) is 15.9 Å². The van der Waals surface area contributed by atoms with E-state index in [1.165, 1.54) is 18.2 Å². The molecule has 4 aromatic carbocycles. The van der Waals surface area contributed by atoms with E-state index in [1.54, 1.807) is 54.6 Å². The molecule has 5 rings (SSSR count). The highest BCUT2D eigenvalue weighted by atomic mass is 79.9. The van der Waals surface area contributed by atoms with Crippen LogP contribution in [0.15, 0.2) is 81.7 Å². The van der Waals surface area contributed by atoms with Crippen molar-refractivity contribution in [3.63, 3.8) is 0 Å². The molecule has 0 aliphatic carbocycles. The first kappa shape index (κ1) is 22.5. The van der Waals surface area contributed by atoms with Gasteiger partial charge in [0.25, 0.3) is 0 Å². The third-order valence-electron chi connectivity index (χ3n) is 5.55. The number of furan rings is 1. The Morgan fingerprint density at radius 3 is 1.82 bits per heavy atom. The zero-order valence-electron chi connectivity index (χ0n) is 17.1. The summed E-state index contributed by atoms with van der Waals surface area (Å²) in [6, 6.07) is 19.4. The molecule has 0 N–H and O–H groups in total. The second kappa shape index (κ2) is 7.91. The molecule has 8 heteroatoms. The molecule has 0 spiro atoms. The average Bonchev–Trinajstić information content (AvgIpc) is 3.13. The first-order valence-corrected chi connectivity index (χ1v) is 10.8. The molecule has 1 nitrogen and oxygen atoms in total. The van der Waals surface area contributed by atoms with Crippen LogP contribution < -0.4 is 0 Å². The van der Waals surface area contributed by atoms with Gasteiger partial charge in [0.1, 0.15) is 5.58 Å². The molecular formula is C26H13BrF6O. The van der Waals surface area contributed by atoms with Crippen LogP contribution in [0.25, 0.3) is 44.2 Å². The van der Waals surface area contributed by atoms with Crippen molar-refractivity contribution < 1.29 is 30.8 Å². The predicted octanol–water partition coefficient (Wildman–Crippen LogP) is 9.62. The molecule has 172 valence electrons. The van der Waals surface area contributed by atoms with Crippen LogP contribution >= 0.6 is 15.9 Å². The maximum atomic E-state index is 14.3. The van der Waals surface area contributed by atoms with Gasteiger partial charge in [-0.3, -0.25) is 0 Å². The van der Waals surface area contributed by atoms with Gasteiger partial charge in [-0.15, -0.1) is 0 Å². The van der Waals surface area contributed by atoms with Crippen molar-refractivity contribution in [2.24, 2.45) is 0 Å². The Bertz CT molecular complexity index is 1590. The first-order chi connectivity index (χ1) is 16.0. The molecule has 0 radical (unpaired) electrons. The molecule has 0 aliphatic rings. The zero-order valence-corrected chi connectivity index (χ0v) is 18.6. The fraction of sp³-hybridized carbons (Fsp3) is 0.0769. The molecule has 0 atom stereocenters. The summed E-state index contributed by atoms with van der Waals surface area (Å²) in [5.74, 6) is -1.68. The van der Waals surface area contributed by atoms with Crippen molar-refractivity contribution in [2.75, 3.05) is 0 Å². The molecule has 5 aromatic rings. The average molecular weight is 535 g/mol. The number of fused-ring (bicyclic) bond motifs is 3. The van der Waals surface area contributed by atoms with Crippen LogP contribution in [0, 0.1) is 0 Å². The Morgan fingerprint density at radius 2 is 1.26 bits per heavy atom. The van der Waals surface area contributed by atoms with Crippen molar-refractivity contribution in [3.05, 3.63) is 94.2 Å². The van der Waals surface area contributed by atoms with Gasteiger partial charge in [-0.1, -0.05) is 64.5 Å². The Hall–Kier alpha value is -3.26. The molecular weight excluding hydrogens is 522 g/mol. The van der Waals surface area contributed by atoms with Gasteiger partial charge >= 0.3 is 12.4 Å². The van der Waals surface area contributed by atoms with Crippen LogP contribution in [0.1, 0.15) is 16.9 Å². The van der Waals surface area contributed by atoms with E-state index in [0.717, 1.165) is 11.5 Å². The van der Waals surface area contributed by atoms with E-state index in [0.29, 0.717) is 20.6 Å². The van der Waals surface area contributed by atoms with E-state index < -0.39 is 29.2 Å². The number of rotatable bonds is 2. The van der Waals surface area contributed by atoms with Crippen molar-refractivity contribution >= 4 is 60.1 Å². The highest BCUT2D eigenvalue weighted by Crippen LogP contribution is 2.48. The molecule has 0 fully saturated rings. The minimum atomic E-state index is -5.13. The molecule has 1 heterocycles. The predicted molar refractivity (Wildman–Crippen MR) is 124 cm³/mol. The van der Waals surface area contributed by atoms with Gasteiger partial charge < -0.3 is 4.42 Å². The summed E-state index contributed by atoms with van der Waals surface area (Å²) < 4.78 is 90.1. The van der Waals surface area contributed by atoms with Crippen LogP contribution in [0.4, 0.5) is 26.3 Å². The summed E-state index contributed by atoms with van der Waals surface area (Å²) in [5, 5.41) is 2.22. The summed E-state index contributed by atoms with van der Waals surface area (Å²) in [7, 11) is 0. The summed E-state index contributed by atoms with van der Waals surface area (Å²) in [6.07, 6.45) is -9.50. The normalized spacial score (nSPS) is 13.3. The Morgan fingerprint density at radius 1 is 0.735 bits per heavy atom. The largest absolute Gasteiger partial charge is 0.451 e. The van der Waals surface area contributed by atoms with Crippen LogP contribution in [0.3, 0.4) is 0 Å². The van der Waals surface area contributed by atoms with Gasteiger partial charge in [0, 0.05) is 15.4 Å². The third-order valence-corrected chi connectivity index (χ3v) is 6.24. The molecule has 0 amide bonds. The highest BCUT2D eigenvalue weighted by molar-refractivity contribution is 9.10. The number of hydrogen-bond acceptors (Lipinski definition) is 1. The molecule has 1 aromatic heterocycles. The molecule has 0 aliphatic heterocycles. The molecule has 0 saturated heterocycles. The lowest BCUT2D eigenvalue weighted by atomic mass is 9.96. The van der Waals surface area contributed by atoms with Crippen LogP contribution in [-0.4, -0.2) is 6.18 Å². The van der Waals surface area contributed by atoms with Crippen LogP contribution in [-0.2, 0) is 6.18 Å². The van der Waals surface area contributed by atoms with E-state index in [-0.39, 0.29) is 16.5 Å². The van der Waals surface area contributed by atoms with Gasteiger partial charge in [0.2, 0.25) is 5.76 Å². The van der Waals surface area contributed by atoms with Gasteiger partial charge in [0.05, 0.1) is 5.57 Å². The topological polar surface area (TPSA) is 13.1 Å². The van der Waals surface area contributed by atoms with Crippen LogP contribution in [0.5, 0.6) is 0 Å². The third kappa shape index (κ3) is 3.96. The number of halogens is 7. The fourth-order valence-corrected chi connectivity index (χ4v) is 4.52. The van der Waals surface area contributed by atoms with Gasteiger partial charge in [0.15, 0.2) is 0 Å². The summed E-state index contributed by atoms with van der Waals surface area (Å²) >= 11 is 3.26. The Labute approximate surface area is 197 Å². The molecule has 0 saturated carbocycles. The van der Waals surface area contributed by atoms with Crippen molar-refractivity contribution in [1.29, 1.82) is 0 Å². The maximum absolute atomic E-state index is 14.3. The lowest BCUT2D eigenvalue weighted by Crippen LogP contribution is -2.15. The first-order valence-electron chi connectivity index (χ1n) is 10.0.